The minimum absolute atomic E-state index is 0.0401. The number of carbonyl (C=O) groups excluding carboxylic acids is 2. The van der Waals surface area contributed by atoms with Crippen LogP contribution >= 0.6 is 0 Å². The lowest BCUT2D eigenvalue weighted by Crippen LogP contribution is -2.57. The van der Waals surface area contributed by atoms with E-state index < -0.39 is 0 Å². The van der Waals surface area contributed by atoms with Crippen LogP contribution in [0.2, 0.25) is 0 Å². The van der Waals surface area contributed by atoms with E-state index in [-0.39, 0.29) is 17.9 Å². The first-order valence-corrected chi connectivity index (χ1v) is 7.43. The topological polar surface area (TPSA) is 52.7 Å². The molecule has 108 valence electrons. The number of hydrazine groups is 1. The van der Waals surface area contributed by atoms with Crippen molar-refractivity contribution < 1.29 is 9.59 Å². The summed E-state index contributed by atoms with van der Waals surface area (Å²) in [6.07, 6.45) is 4.64. The molecule has 2 heterocycles. The Morgan fingerprint density at radius 1 is 1.21 bits per heavy atom. The van der Waals surface area contributed by atoms with E-state index in [4.69, 9.17) is 0 Å². The summed E-state index contributed by atoms with van der Waals surface area (Å²) < 4.78 is 0. The molecule has 19 heavy (non-hydrogen) atoms. The van der Waals surface area contributed by atoms with E-state index in [1.54, 1.807) is 0 Å². The van der Waals surface area contributed by atoms with Crippen molar-refractivity contribution in [2.75, 3.05) is 6.54 Å². The van der Waals surface area contributed by atoms with E-state index in [1.807, 2.05) is 6.92 Å². The fourth-order valence-electron chi connectivity index (χ4n) is 3.10. The van der Waals surface area contributed by atoms with Gasteiger partial charge >= 0.3 is 0 Å². The third-order valence-corrected chi connectivity index (χ3v) is 4.19. The summed E-state index contributed by atoms with van der Waals surface area (Å²) in [4.78, 5) is 25.4. The third-order valence-electron chi connectivity index (χ3n) is 4.19. The number of hydrogen-bond donors (Lipinski definition) is 1. The van der Waals surface area contributed by atoms with Crippen LogP contribution in [0.15, 0.2) is 0 Å². The average Bonchev–Trinajstić information content (AvgIpc) is 2.62. The maximum Gasteiger partial charge on any atom is 0.248 e. The first-order chi connectivity index (χ1) is 9.04. The summed E-state index contributed by atoms with van der Waals surface area (Å²) >= 11 is 0. The van der Waals surface area contributed by atoms with Gasteiger partial charge in [0.05, 0.1) is 6.42 Å². The highest BCUT2D eigenvalue weighted by molar-refractivity contribution is 6.05. The van der Waals surface area contributed by atoms with Gasteiger partial charge in [-0.15, -0.1) is 0 Å². The number of nitrogens with zero attached hydrogens (tertiary/aromatic N) is 2. The second-order valence-electron chi connectivity index (χ2n) is 5.81. The molecule has 2 aliphatic rings. The van der Waals surface area contributed by atoms with Crippen molar-refractivity contribution in [3.05, 3.63) is 0 Å². The molecule has 3 atom stereocenters. The van der Waals surface area contributed by atoms with Gasteiger partial charge in [0.2, 0.25) is 11.8 Å². The molecule has 0 saturated carbocycles. The van der Waals surface area contributed by atoms with Crippen molar-refractivity contribution in [3.8, 4) is 0 Å². The predicted octanol–water partition coefficient (Wildman–Crippen LogP) is 1.29. The van der Waals surface area contributed by atoms with Crippen LogP contribution in [0, 0.1) is 0 Å². The molecule has 2 saturated heterocycles. The van der Waals surface area contributed by atoms with Crippen LogP contribution < -0.4 is 5.43 Å². The minimum atomic E-state index is -0.359. The van der Waals surface area contributed by atoms with Crippen LogP contribution in [-0.2, 0) is 9.59 Å². The van der Waals surface area contributed by atoms with Crippen LogP contribution in [0.3, 0.4) is 0 Å². The van der Waals surface area contributed by atoms with E-state index in [0.29, 0.717) is 25.0 Å². The van der Waals surface area contributed by atoms with Gasteiger partial charge in [0.1, 0.15) is 6.04 Å². The standard InChI is InChI=1S/C14H25N3O2/c1-4-8-16-13(18)9-12(14(16)19)15-17-10(2)6-5-7-11(17)3/h10-12,15H,4-9H2,1-3H3. The molecule has 0 aromatic carbocycles. The molecule has 0 aromatic rings. The average molecular weight is 267 g/mol. The van der Waals surface area contributed by atoms with E-state index in [0.717, 1.165) is 19.3 Å². The Morgan fingerprint density at radius 2 is 1.84 bits per heavy atom. The zero-order valence-electron chi connectivity index (χ0n) is 12.2. The maximum absolute atomic E-state index is 12.2. The molecule has 2 amide bonds. The van der Waals surface area contributed by atoms with E-state index in [9.17, 15) is 9.59 Å². The predicted molar refractivity (Wildman–Crippen MR) is 73.2 cm³/mol. The quantitative estimate of drug-likeness (QED) is 0.780. The number of piperidine rings is 1. The molecule has 1 N–H and O–H groups in total. The third kappa shape index (κ3) is 2.98. The van der Waals surface area contributed by atoms with Gasteiger partial charge in [0.25, 0.3) is 0 Å². The monoisotopic (exact) mass is 267 g/mol. The molecular formula is C14H25N3O2. The van der Waals surface area contributed by atoms with Crippen molar-refractivity contribution in [1.29, 1.82) is 0 Å². The first-order valence-electron chi connectivity index (χ1n) is 7.43. The molecule has 2 fully saturated rings. The molecule has 0 aliphatic carbocycles. The highest BCUT2D eigenvalue weighted by Gasteiger charge is 2.40. The largest absolute Gasteiger partial charge is 0.281 e. The van der Waals surface area contributed by atoms with Gasteiger partial charge in [0.15, 0.2) is 0 Å². The zero-order valence-corrected chi connectivity index (χ0v) is 12.2. The summed E-state index contributed by atoms with van der Waals surface area (Å²) in [6.45, 7) is 6.87. The Hall–Kier alpha value is -0.940. The van der Waals surface area contributed by atoms with Crippen LogP contribution in [0.25, 0.3) is 0 Å². The lowest BCUT2D eigenvalue weighted by molar-refractivity contribution is -0.139. The fourth-order valence-corrected chi connectivity index (χ4v) is 3.10. The van der Waals surface area contributed by atoms with Crippen LogP contribution in [-0.4, -0.2) is 46.4 Å². The summed E-state index contributed by atoms with van der Waals surface area (Å²) in [5, 5.41) is 2.18. The Morgan fingerprint density at radius 3 is 2.42 bits per heavy atom. The Labute approximate surface area is 115 Å². The summed E-state index contributed by atoms with van der Waals surface area (Å²) in [7, 11) is 0. The number of rotatable bonds is 4. The molecule has 0 aromatic heterocycles. The van der Waals surface area contributed by atoms with Gasteiger partial charge < -0.3 is 0 Å². The molecule has 0 spiro atoms. The number of hydrogen-bond acceptors (Lipinski definition) is 4. The SMILES string of the molecule is CCCN1C(=O)CC(NN2C(C)CCCC2C)C1=O. The highest BCUT2D eigenvalue weighted by atomic mass is 16.2. The summed E-state index contributed by atoms with van der Waals surface area (Å²) in [5.74, 6) is -0.0986. The van der Waals surface area contributed by atoms with Crippen molar-refractivity contribution >= 4 is 11.8 Å². The molecular weight excluding hydrogens is 242 g/mol. The lowest BCUT2D eigenvalue weighted by Gasteiger charge is -2.40. The van der Waals surface area contributed by atoms with Crippen LogP contribution in [0.1, 0.15) is 52.9 Å². The molecule has 2 aliphatic heterocycles. The molecule has 3 unspecified atom stereocenters. The molecule has 0 bridgehead atoms. The smallest absolute Gasteiger partial charge is 0.248 e. The molecule has 5 heteroatoms. The van der Waals surface area contributed by atoms with Crippen LogP contribution in [0.4, 0.5) is 0 Å². The van der Waals surface area contributed by atoms with Gasteiger partial charge in [-0.2, -0.15) is 0 Å². The number of imide groups is 1. The number of amides is 2. The summed E-state index contributed by atoms with van der Waals surface area (Å²) in [5.41, 5.74) is 3.31. The molecule has 2 rings (SSSR count). The second kappa shape index (κ2) is 6.01. The molecule has 0 radical (unpaired) electrons. The Bertz CT molecular complexity index is 349. The van der Waals surface area contributed by atoms with Gasteiger partial charge in [-0.05, 0) is 33.1 Å². The normalized spacial score (nSPS) is 33.2. The zero-order chi connectivity index (χ0) is 14.0. The van der Waals surface area contributed by atoms with Crippen molar-refractivity contribution in [2.45, 2.75) is 71.0 Å². The second-order valence-corrected chi connectivity index (χ2v) is 5.81. The minimum Gasteiger partial charge on any atom is -0.281 e. The Kier molecular flexibility index (Phi) is 4.58. The number of nitrogens with one attached hydrogen (secondary N) is 1. The van der Waals surface area contributed by atoms with Crippen molar-refractivity contribution in [1.82, 2.24) is 15.3 Å². The van der Waals surface area contributed by atoms with Crippen molar-refractivity contribution in [3.63, 3.8) is 0 Å². The van der Waals surface area contributed by atoms with Gasteiger partial charge in [0, 0.05) is 18.6 Å². The van der Waals surface area contributed by atoms with E-state index in [2.05, 4.69) is 24.3 Å². The van der Waals surface area contributed by atoms with Crippen molar-refractivity contribution in [2.24, 2.45) is 0 Å². The molecule has 5 nitrogen and oxygen atoms in total. The van der Waals surface area contributed by atoms with Gasteiger partial charge in [-0.1, -0.05) is 13.3 Å². The summed E-state index contributed by atoms with van der Waals surface area (Å²) in [6, 6.07) is 0.487. The van der Waals surface area contributed by atoms with E-state index >= 15 is 0 Å². The van der Waals surface area contributed by atoms with Gasteiger partial charge in [-0.25, -0.2) is 10.4 Å². The van der Waals surface area contributed by atoms with Crippen LogP contribution in [0.5, 0.6) is 0 Å². The fraction of sp³-hybridized carbons (Fsp3) is 0.857. The van der Waals surface area contributed by atoms with Gasteiger partial charge in [-0.3, -0.25) is 14.5 Å². The number of carbonyl (C=O) groups is 2. The lowest BCUT2D eigenvalue weighted by atomic mass is 9.99. The Balaban J connectivity index is 1.99. The highest BCUT2D eigenvalue weighted by Crippen LogP contribution is 2.22. The number of likely N-dealkylation sites (tertiary alicyclic amines) is 1. The van der Waals surface area contributed by atoms with E-state index in [1.165, 1.54) is 11.3 Å². The first kappa shape index (κ1) is 14.5. The maximum atomic E-state index is 12.2.